The summed E-state index contributed by atoms with van der Waals surface area (Å²) in [4.78, 5) is 0. The van der Waals surface area contributed by atoms with E-state index in [2.05, 4.69) is 13.0 Å². The van der Waals surface area contributed by atoms with Crippen LogP contribution >= 0.6 is 0 Å². The zero-order valence-electron chi connectivity index (χ0n) is 10.4. The van der Waals surface area contributed by atoms with Crippen LogP contribution in [0.25, 0.3) is 11.1 Å². The summed E-state index contributed by atoms with van der Waals surface area (Å²) >= 11 is 0. The molecule has 2 aromatic rings. The average molecular weight is 225 g/mol. The van der Waals surface area contributed by atoms with E-state index in [0.29, 0.717) is 0 Å². The molecule has 0 saturated carbocycles. The first-order valence-electron chi connectivity index (χ1n) is 6.15. The van der Waals surface area contributed by atoms with Gasteiger partial charge < -0.3 is 0 Å². The number of hydrogen-bond donors (Lipinski definition) is 0. The summed E-state index contributed by atoms with van der Waals surface area (Å²) in [5, 5.41) is 12.4. The molecule has 0 fully saturated rings. The molecule has 0 saturated heterocycles. The zero-order chi connectivity index (χ0) is 12.3. The van der Waals surface area contributed by atoms with Crippen molar-refractivity contribution in [1.29, 1.82) is 0 Å². The molecule has 0 unspecified atom stereocenters. The smallest absolute Gasteiger partial charge is 0.189 e. The van der Waals surface area contributed by atoms with E-state index >= 15 is 0 Å². The first-order chi connectivity index (χ1) is 8.27. The molecule has 1 heteroatoms. The Labute approximate surface area is 103 Å². The highest BCUT2D eigenvalue weighted by atomic mass is 16.3. The third-order valence-electron chi connectivity index (χ3n) is 3.18. The zero-order valence-corrected chi connectivity index (χ0v) is 10.4. The minimum absolute atomic E-state index is 0.193. The van der Waals surface area contributed by atoms with E-state index in [1.807, 2.05) is 43.3 Å². The lowest BCUT2D eigenvalue weighted by Gasteiger charge is -2.11. The molecule has 87 valence electrons. The van der Waals surface area contributed by atoms with Crippen LogP contribution in [0.5, 0.6) is 5.75 Å². The van der Waals surface area contributed by atoms with Crippen LogP contribution in [0.2, 0.25) is 0 Å². The first-order valence-corrected chi connectivity index (χ1v) is 6.15. The lowest BCUT2D eigenvalue weighted by molar-refractivity contribution is 0.351. The predicted molar refractivity (Wildman–Crippen MR) is 70.8 cm³/mol. The summed E-state index contributed by atoms with van der Waals surface area (Å²) in [5.74, 6) is 0.193. The van der Waals surface area contributed by atoms with E-state index in [4.69, 9.17) is 0 Å². The molecule has 0 bridgehead atoms. The van der Waals surface area contributed by atoms with Crippen LogP contribution < -0.4 is 0 Å². The van der Waals surface area contributed by atoms with Gasteiger partial charge in [0.25, 0.3) is 0 Å². The maximum Gasteiger partial charge on any atom is 0.189 e. The molecule has 0 amide bonds. The second-order valence-corrected chi connectivity index (χ2v) is 4.15. The van der Waals surface area contributed by atoms with E-state index in [0.717, 1.165) is 29.5 Å². The third kappa shape index (κ3) is 2.19. The molecule has 0 spiro atoms. The van der Waals surface area contributed by atoms with Crippen LogP contribution in [0.4, 0.5) is 0 Å². The second kappa shape index (κ2) is 5.05. The Morgan fingerprint density at radius 2 is 1.59 bits per heavy atom. The van der Waals surface area contributed by atoms with Crippen molar-refractivity contribution in [3.8, 4) is 16.9 Å². The second-order valence-electron chi connectivity index (χ2n) is 4.15. The Morgan fingerprint density at radius 1 is 0.882 bits per heavy atom. The topological polar surface area (TPSA) is 19.9 Å². The van der Waals surface area contributed by atoms with Crippen LogP contribution in [0, 0.1) is 0 Å². The summed E-state index contributed by atoms with van der Waals surface area (Å²) in [7, 11) is 0. The molecule has 2 aromatic carbocycles. The molecule has 0 aliphatic carbocycles. The maximum atomic E-state index is 12.4. The van der Waals surface area contributed by atoms with E-state index in [-0.39, 0.29) is 5.75 Å². The minimum atomic E-state index is 0.193. The minimum Gasteiger partial charge on any atom is -0.289 e. The average Bonchev–Trinajstić information content (AvgIpc) is 2.39. The Hall–Kier alpha value is -1.76. The molecule has 17 heavy (non-hydrogen) atoms. The van der Waals surface area contributed by atoms with Crippen molar-refractivity contribution in [2.24, 2.45) is 0 Å². The fraction of sp³-hybridized carbons (Fsp3) is 0.250. The highest BCUT2D eigenvalue weighted by Gasteiger charge is 2.13. The number of aryl methyl sites for hydroxylation is 1. The maximum absolute atomic E-state index is 12.4. The highest BCUT2D eigenvalue weighted by Crippen LogP contribution is 2.35. The van der Waals surface area contributed by atoms with Crippen molar-refractivity contribution < 1.29 is 5.11 Å². The van der Waals surface area contributed by atoms with Crippen LogP contribution in [0.1, 0.15) is 25.0 Å². The molecular weight excluding hydrogens is 208 g/mol. The Morgan fingerprint density at radius 3 is 2.18 bits per heavy atom. The Balaban J connectivity index is 2.57. The first kappa shape index (κ1) is 11.7. The lowest BCUT2D eigenvalue weighted by Crippen LogP contribution is -1.93. The lowest BCUT2D eigenvalue weighted by atomic mass is 9.95. The molecule has 0 aromatic heterocycles. The standard InChI is InChI=1S/C16H17O/c1-3-12-10-11-15(16(17)14(12)4-2)13-8-6-5-7-9-13/h5-11H,3-4H2,1-2H3. The molecule has 1 nitrogen and oxygen atoms in total. The number of hydrogen-bond acceptors (Lipinski definition) is 0. The molecule has 0 aliphatic rings. The molecule has 0 aliphatic heterocycles. The summed E-state index contributed by atoms with van der Waals surface area (Å²) in [6, 6.07) is 13.9. The van der Waals surface area contributed by atoms with Gasteiger partial charge in [-0.15, -0.1) is 0 Å². The van der Waals surface area contributed by atoms with Gasteiger partial charge in [-0.1, -0.05) is 56.3 Å². The molecule has 0 N–H and O–H groups in total. The summed E-state index contributed by atoms with van der Waals surface area (Å²) in [6.45, 7) is 4.14. The van der Waals surface area contributed by atoms with Crippen molar-refractivity contribution in [2.75, 3.05) is 0 Å². The highest BCUT2D eigenvalue weighted by molar-refractivity contribution is 5.72. The molecular formula is C16H17O. The monoisotopic (exact) mass is 225 g/mol. The number of benzene rings is 2. The SMILES string of the molecule is CCc1ccc(-c2ccccc2)c([O])c1CC. The van der Waals surface area contributed by atoms with Gasteiger partial charge in [0, 0.05) is 11.1 Å². The van der Waals surface area contributed by atoms with Crippen molar-refractivity contribution >= 4 is 0 Å². The molecule has 0 atom stereocenters. The van der Waals surface area contributed by atoms with Crippen molar-refractivity contribution in [1.82, 2.24) is 0 Å². The normalized spacial score (nSPS) is 10.5. The van der Waals surface area contributed by atoms with Gasteiger partial charge >= 0.3 is 0 Å². The Bertz CT molecular complexity index is 500. The van der Waals surface area contributed by atoms with Gasteiger partial charge in [0.1, 0.15) is 0 Å². The van der Waals surface area contributed by atoms with Crippen LogP contribution in [0.15, 0.2) is 42.5 Å². The van der Waals surface area contributed by atoms with Crippen molar-refractivity contribution in [3.05, 3.63) is 53.6 Å². The quantitative estimate of drug-likeness (QED) is 0.726. The van der Waals surface area contributed by atoms with E-state index < -0.39 is 0 Å². The van der Waals surface area contributed by atoms with Crippen LogP contribution in [0.3, 0.4) is 0 Å². The largest absolute Gasteiger partial charge is 0.289 e. The number of rotatable bonds is 3. The molecule has 1 radical (unpaired) electrons. The summed E-state index contributed by atoms with van der Waals surface area (Å²) in [5.41, 5.74) is 3.97. The third-order valence-corrected chi connectivity index (χ3v) is 3.18. The fourth-order valence-corrected chi connectivity index (χ4v) is 2.23. The van der Waals surface area contributed by atoms with Crippen LogP contribution in [-0.2, 0) is 17.9 Å². The van der Waals surface area contributed by atoms with Crippen molar-refractivity contribution in [2.45, 2.75) is 26.7 Å². The van der Waals surface area contributed by atoms with E-state index in [1.54, 1.807) is 0 Å². The van der Waals surface area contributed by atoms with E-state index in [1.165, 1.54) is 5.56 Å². The van der Waals surface area contributed by atoms with Gasteiger partial charge in [0.15, 0.2) is 5.75 Å². The fourth-order valence-electron chi connectivity index (χ4n) is 2.23. The van der Waals surface area contributed by atoms with Crippen molar-refractivity contribution in [3.63, 3.8) is 0 Å². The van der Waals surface area contributed by atoms with Gasteiger partial charge in [-0.2, -0.15) is 0 Å². The summed E-state index contributed by atoms with van der Waals surface area (Å²) < 4.78 is 0. The van der Waals surface area contributed by atoms with Crippen LogP contribution in [-0.4, -0.2) is 0 Å². The van der Waals surface area contributed by atoms with Gasteiger partial charge in [-0.25, -0.2) is 0 Å². The van der Waals surface area contributed by atoms with Gasteiger partial charge in [-0.05, 0) is 24.0 Å². The van der Waals surface area contributed by atoms with Gasteiger partial charge in [0.2, 0.25) is 0 Å². The van der Waals surface area contributed by atoms with Gasteiger partial charge in [-0.3, -0.25) is 5.11 Å². The predicted octanol–water partition coefficient (Wildman–Crippen LogP) is 4.62. The Kier molecular flexibility index (Phi) is 3.48. The molecule has 2 rings (SSSR count). The van der Waals surface area contributed by atoms with Gasteiger partial charge in [0.05, 0.1) is 0 Å². The van der Waals surface area contributed by atoms with E-state index in [9.17, 15) is 5.11 Å². The summed E-state index contributed by atoms with van der Waals surface area (Å²) in [6.07, 6.45) is 1.73. The molecule has 0 heterocycles.